The molecule has 0 spiro atoms. The Kier molecular flexibility index (Phi) is 3.63. The summed E-state index contributed by atoms with van der Waals surface area (Å²) in [6, 6.07) is 13.1. The van der Waals surface area contributed by atoms with E-state index in [1.165, 1.54) is 0 Å². The van der Waals surface area contributed by atoms with E-state index in [0.29, 0.717) is 24.5 Å². The predicted molar refractivity (Wildman–Crippen MR) is 90.8 cm³/mol. The van der Waals surface area contributed by atoms with Crippen LogP contribution >= 0.6 is 0 Å². The van der Waals surface area contributed by atoms with Crippen LogP contribution in [0.25, 0.3) is 10.9 Å². The van der Waals surface area contributed by atoms with Crippen molar-refractivity contribution >= 4 is 23.0 Å². The Hall–Kier alpha value is -3.28. The maximum absolute atomic E-state index is 12.3. The molecule has 6 heteroatoms. The van der Waals surface area contributed by atoms with Gasteiger partial charge in [-0.1, -0.05) is 18.2 Å². The summed E-state index contributed by atoms with van der Waals surface area (Å²) < 4.78 is 11.0. The molecular formula is C18H15N3O3. The van der Waals surface area contributed by atoms with E-state index in [1.54, 1.807) is 12.4 Å². The van der Waals surface area contributed by atoms with Crippen molar-refractivity contribution in [3.8, 4) is 11.5 Å². The molecule has 120 valence electrons. The maximum Gasteiger partial charge on any atom is 0.273 e. The molecule has 0 fully saturated rings. The first-order valence-corrected chi connectivity index (χ1v) is 7.60. The minimum atomic E-state index is -0.263. The molecule has 1 aliphatic heterocycles. The van der Waals surface area contributed by atoms with E-state index < -0.39 is 0 Å². The summed E-state index contributed by atoms with van der Waals surface area (Å²) in [7, 11) is 0. The number of carbonyl (C=O) groups is 1. The lowest BCUT2D eigenvalue weighted by molar-refractivity contribution is 0.0957. The van der Waals surface area contributed by atoms with Crippen LogP contribution in [0.4, 0.5) is 0 Å². The number of H-pyrrole nitrogens is 1. The Labute approximate surface area is 138 Å². The van der Waals surface area contributed by atoms with Crippen LogP contribution in [0.1, 0.15) is 15.9 Å². The number of rotatable bonds is 3. The summed E-state index contributed by atoms with van der Waals surface area (Å²) >= 11 is 0. The van der Waals surface area contributed by atoms with E-state index in [0.717, 1.165) is 22.2 Å². The highest BCUT2D eigenvalue weighted by atomic mass is 16.6. The number of nitrogens with one attached hydrogen (secondary N) is 2. The van der Waals surface area contributed by atoms with Crippen LogP contribution in [0.2, 0.25) is 0 Å². The monoisotopic (exact) mass is 321 g/mol. The van der Waals surface area contributed by atoms with Gasteiger partial charge >= 0.3 is 0 Å². The standard InChI is InChI=1S/C18H15N3O3/c22-18(14-11-19-15-4-2-1-3-13(14)15)21-20-10-12-5-6-16-17(9-12)24-8-7-23-16/h1-6,9-11,19H,7-8H2,(H,21,22)/b20-10-. The van der Waals surface area contributed by atoms with Gasteiger partial charge in [-0.15, -0.1) is 0 Å². The number of carbonyl (C=O) groups excluding carboxylic acids is 1. The SMILES string of the molecule is O=C(N/N=C\c1ccc2c(c1)OCCO2)c1c[nH]c2ccccc12. The van der Waals surface area contributed by atoms with Crippen molar-refractivity contribution in [2.24, 2.45) is 5.10 Å². The van der Waals surface area contributed by atoms with Gasteiger partial charge in [0.1, 0.15) is 13.2 Å². The molecule has 2 aromatic carbocycles. The lowest BCUT2D eigenvalue weighted by Crippen LogP contribution is -2.17. The lowest BCUT2D eigenvalue weighted by atomic mass is 10.2. The number of nitrogens with zero attached hydrogens (tertiary/aromatic N) is 1. The average Bonchev–Trinajstić information content (AvgIpc) is 3.06. The average molecular weight is 321 g/mol. The molecule has 2 heterocycles. The molecule has 0 atom stereocenters. The summed E-state index contributed by atoms with van der Waals surface area (Å²) in [6.07, 6.45) is 3.25. The number of fused-ring (bicyclic) bond motifs is 2. The first-order chi connectivity index (χ1) is 11.8. The number of para-hydroxylation sites is 1. The second-order valence-electron chi connectivity index (χ2n) is 5.35. The van der Waals surface area contributed by atoms with Crippen molar-refractivity contribution in [1.29, 1.82) is 0 Å². The fraction of sp³-hybridized carbons (Fsp3) is 0.111. The van der Waals surface area contributed by atoms with Crippen molar-refractivity contribution in [2.75, 3.05) is 13.2 Å². The molecule has 1 aromatic heterocycles. The van der Waals surface area contributed by atoms with Crippen molar-refractivity contribution in [1.82, 2.24) is 10.4 Å². The van der Waals surface area contributed by atoms with Crippen LogP contribution in [0.3, 0.4) is 0 Å². The third kappa shape index (κ3) is 2.69. The van der Waals surface area contributed by atoms with E-state index in [4.69, 9.17) is 9.47 Å². The molecule has 3 aromatic rings. The first kappa shape index (κ1) is 14.3. The summed E-state index contributed by atoms with van der Waals surface area (Å²) in [5.41, 5.74) is 4.84. The molecule has 0 bridgehead atoms. The molecule has 0 radical (unpaired) electrons. The lowest BCUT2D eigenvalue weighted by Gasteiger charge is -2.18. The fourth-order valence-electron chi connectivity index (χ4n) is 2.63. The fourth-order valence-corrected chi connectivity index (χ4v) is 2.63. The van der Waals surface area contributed by atoms with Crippen LogP contribution in [-0.2, 0) is 0 Å². The Bertz CT molecular complexity index is 930. The second kappa shape index (κ2) is 6.08. The summed E-state index contributed by atoms with van der Waals surface area (Å²) in [4.78, 5) is 15.3. The molecule has 0 aliphatic carbocycles. The van der Waals surface area contributed by atoms with Gasteiger partial charge in [-0.2, -0.15) is 5.10 Å². The Morgan fingerprint density at radius 1 is 1.12 bits per heavy atom. The molecular weight excluding hydrogens is 306 g/mol. The molecule has 1 amide bonds. The zero-order valence-electron chi connectivity index (χ0n) is 12.8. The Morgan fingerprint density at radius 3 is 2.88 bits per heavy atom. The van der Waals surface area contributed by atoms with Gasteiger partial charge in [0.05, 0.1) is 11.8 Å². The normalized spacial score (nSPS) is 13.3. The van der Waals surface area contributed by atoms with Crippen LogP contribution in [-0.4, -0.2) is 30.3 Å². The number of aromatic amines is 1. The molecule has 0 saturated heterocycles. The molecule has 6 nitrogen and oxygen atoms in total. The number of hydrogen-bond donors (Lipinski definition) is 2. The Morgan fingerprint density at radius 2 is 1.96 bits per heavy atom. The van der Waals surface area contributed by atoms with Gasteiger partial charge in [0.25, 0.3) is 5.91 Å². The van der Waals surface area contributed by atoms with Crippen LogP contribution in [0.5, 0.6) is 11.5 Å². The summed E-state index contributed by atoms with van der Waals surface area (Å²) in [5, 5.41) is 4.88. The highest BCUT2D eigenvalue weighted by Crippen LogP contribution is 2.30. The smallest absolute Gasteiger partial charge is 0.273 e. The Balaban J connectivity index is 1.48. The zero-order valence-corrected chi connectivity index (χ0v) is 12.8. The highest BCUT2D eigenvalue weighted by Gasteiger charge is 2.12. The van der Waals surface area contributed by atoms with Gasteiger partial charge in [0.15, 0.2) is 11.5 Å². The zero-order chi connectivity index (χ0) is 16.4. The molecule has 2 N–H and O–H groups in total. The number of aromatic nitrogens is 1. The van der Waals surface area contributed by atoms with Gasteiger partial charge in [-0.25, -0.2) is 5.43 Å². The third-order valence-corrected chi connectivity index (χ3v) is 3.78. The molecule has 24 heavy (non-hydrogen) atoms. The van der Waals surface area contributed by atoms with Gasteiger partial charge in [-0.3, -0.25) is 4.79 Å². The van der Waals surface area contributed by atoms with Crippen molar-refractivity contribution in [3.05, 3.63) is 59.8 Å². The van der Waals surface area contributed by atoms with E-state index in [9.17, 15) is 4.79 Å². The van der Waals surface area contributed by atoms with Gasteiger partial charge in [-0.05, 0) is 29.8 Å². The van der Waals surface area contributed by atoms with Crippen LogP contribution in [0.15, 0.2) is 53.8 Å². The van der Waals surface area contributed by atoms with E-state index >= 15 is 0 Å². The number of hydrazone groups is 1. The summed E-state index contributed by atoms with van der Waals surface area (Å²) in [5.74, 6) is 1.15. The molecule has 4 rings (SSSR count). The van der Waals surface area contributed by atoms with E-state index in [1.807, 2.05) is 42.5 Å². The third-order valence-electron chi connectivity index (χ3n) is 3.78. The number of amides is 1. The number of benzene rings is 2. The van der Waals surface area contributed by atoms with Crippen molar-refractivity contribution in [2.45, 2.75) is 0 Å². The van der Waals surface area contributed by atoms with Gasteiger partial charge in [0, 0.05) is 17.1 Å². The maximum atomic E-state index is 12.3. The van der Waals surface area contributed by atoms with Crippen LogP contribution in [0, 0.1) is 0 Å². The van der Waals surface area contributed by atoms with Crippen molar-refractivity contribution in [3.63, 3.8) is 0 Å². The predicted octanol–water partition coefficient (Wildman–Crippen LogP) is 2.70. The van der Waals surface area contributed by atoms with E-state index in [2.05, 4.69) is 15.5 Å². The quantitative estimate of drug-likeness (QED) is 0.575. The number of ether oxygens (including phenoxy) is 2. The van der Waals surface area contributed by atoms with E-state index in [-0.39, 0.29) is 5.91 Å². The van der Waals surface area contributed by atoms with Crippen molar-refractivity contribution < 1.29 is 14.3 Å². The molecule has 0 saturated carbocycles. The highest BCUT2D eigenvalue weighted by molar-refractivity contribution is 6.06. The minimum Gasteiger partial charge on any atom is -0.486 e. The van der Waals surface area contributed by atoms with Crippen LogP contribution < -0.4 is 14.9 Å². The summed E-state index contributed by atoms with van der Waals surface area (Å²) in [6.45, 7) is 1.09. The second-order valence-corrected chi connectivity index (χ2v) is 5.35. The molecule has 0 unspecified atom stereocenters. The number of hydrogen-bond acceptors (Lipinski definition) is 4. The van der Waals surface area contributed by atoms with Gasteiger partial charge in [0.2, 0.25) is 0 Å². The molecule has 1 aliphatic rings. The minimum absolute atomic E-state index is 0.263. The topological polar surface area (TPSA) is 75.7 Å². The largest absolute Gasteiger partial charge is 0.486 e. The first-order valence-electron chi connectivity index (χ1n) is 7.60. The van der Waals surface area contributed by atoms with Gasteiger partial charge < -0.3 is 14.5 Å².